The highest BCUT2D eigenvalue weighted by atomic mass is 16.3. The fourth-order valence-corrected chi connectivity index (χ4v) is 5.52. The molecule has 6 rings (SSSR count). The van der Waals surface area contributed by atoms with Crippen molar-refractivity contribution >= 4 is 22.7 Å². The number of aromatic hydroxyl groups is 1. The van der Waals surface area contributed by atoms with Gasteiger partial charge in [-0.25, -0.2) is 4.98 Å². The molecule has 0 aliphatic carbocycles. The summed E-state index contributed by atoms with van der Waals surface area (Å²) in [4.78, 5) is 7.20. The molecule has 2 aliphatic heterocycles. The van der Waals surface area contributed by atoms with Crippen molar-refractivity contribution in [2.24, 2.45) is 0 Å². The van der Waals surface area contributed by atoms with Gasteiger partial charge in [0.25, 0.3) is 0 Å². The van der Waals surface area contributed by atoms with Crippen molar-refractivity contribution in [3.8, 4) is 17.0 Å². The molecule has 0 amide bonds. The molecule has 0 bridgehead atoms. The number of pyridine rings is 1. The van der Waals surface area contributed by atoms with E-state index in [2.05, 4.69) is 48.7 Å². The Bertz CT molecular complexity index is 1340. The maximum absolute atomic E-state index is 10.3. The Morgan fingerprint density at radius 3 is 2.53 bits per heavy atom. The van der Waals surface area contributed by atoms with Crippen molar-refractivity contribution in [2.75, 3.05) is 43.4 Å². The lowest BCUT2D eigenvalue weighted by molar-refractivity contribution is 0.376. The van der Waals surface area contributed by atoms with Crippen molar-refractivity contribution in [3.63, 3.8) is 0 Å². The number of phenols is 1. The van der Waals surface area contributed by atoms with Crippen LogP contribution in [0.1, 0.15) is 43.2 Å². The number of nitrogens with one attached hydrogen (secondary N) is 2. The Balaban J connectivity index is 1.21. The summed E-state index contributed by atoms with van der Waals surface area (Å²) in [6, 6.07) is 13.9. The van der Waals surface area contributed by atoms with E-state index in [-0.39, 0.29) is 11.8 Å². The molecule has 9 heteroatoms. The molecule has 186 valence electrons. The van der Waals surface area contributed by atoms with Crippen LogP contribution in [0, 0.1) is 0 Å². The molecule has 0 spiro atoms. The summed E-state index contributed by atoms with van der Waals surface area (Å²) >= 11 is 0. The molecular weight excluding hydrogens is 452 g/mol. The predicted molar refractivity (Wildman–Crippen MR) is 142 cm³/mol. The first kappa shape index (κ1) is 22.7. The van der Waals surface area contributed by atoms with E-state index in [1.807, 2.05) is 25.2 Å². The van der Waals surface area contributed by atoms with Gasteiger partial charge in [0.1, 0.15) is 11.6 Å². The van der Waals surface area contributed by atoms with Crippen LogP contribution >= 0.6 is 0 Å². The predicted octanol–water partition coefficient (Wildman–Crippen LogP) is 3.94. The Labute approximate surface area is 210 Å². The lowest BCUT2D eigenvalue weighted by Gasteiger charge is -2.33. The van der Waals surface area contributed by atoms with E-state index in [1.54, 1.807) is 12.1 Å². The number of benzene rings is 1. The van der Waals surface area contributed by atoms with Gasteiger partial charge in [-0.1, -0.05) is 18.2 Å². The molecule has 3 aromatic heterocycles. The third-order valence-electron chi connectivity index (χ3n) is 7.59. The number of hydrogen-bond acceptors (Lipinski definition) is 8. The lowest BCUT2D eigenvalue weighted by atomic mass is 9.91. The normalized spacial score (nSPS) is 17.5. The van der Waals surface area contributed by atoms with Crippen LogP contribution in [0.3, 0.4) is 0 Å². The molecule has 0 radical (unpaired) electrons. The van der Waals surface area contributed by atoms with Crippen LogP contribution in [0.4, 0.5) is 11.6 Å². The number of hydrogen-bond donors (Lipinski definition) is 3. The van der Waals surface area contributed by atoms with Gasteiger partial charge >= 0.3 is 0 Å². The molecule has 0 atom stereocenters. The summed E-state index contributed by atoms with van der Waals surface area (Å²) in [7, 11) is 1.85. The van der Waals surface area contributed by atoms with Gasteiger partial charge in [-0.2, -0.15) is 5.10 Å². The van der Waals surface area contributed by atoms with Gasteiger partial charge in [0.2, 0.25) is 0 Å². The van der Waals surface area contributed by atoms with E-state index in [4.69, 9.17) is 10.1 Å². The van der Waals surface area contributed by atoms with E-state index in [0.29, 0.717) is 17.2 Å². The van der Waals surface area contributed by atoms with Crippen LogP contribution < -0.4 is 15.5 Å². The molecule has 2 aliphatic rings. The van der Waals surface area contributed by atoms with E-state index < -0.39 is 0 Å². The first-order valence-corrected chi connectivity index (χ1v) is 12.8. The van der Waals surface area contributed by atoms with Crippen LogP contribution in [0.5, 0.6) is 5.75 Å². The number of fused-ring (bicyclic) bond motifs is 1. The van der Waals surface area contributed by atoms with Gasteiger partial charge < -0.3 is 20.6 Å². The largest absolute Gasteiger partial charge is 0.507 e. The summed E-state index contributed by atoms with van der Waals surface area (Å²) in [6.07, 6.45) is 6.39. The van der Waals surface area contributed by atoms with E-state index >= 15 is 0 Å². The summed E-state index contributed by atoms with van der Waals surface area (Å²) in [5.41, 5.74) is 4.34. The second kappa shape index (κ2) is 9.73. The number of aromatic nitrogens is 5. The fraction of sp³-hybridized carbons (Fsp3) is 0.407. The van der Waals surface area contributed by atoms with Crippen molar-refractivity contribution in [1.29, 1.82) is 0 Å². The minimum absolute atomic E-state index is 0.193. The van der Waals surface area contributed by atoms with E-state index in [1.165, 1.54) is 18.4 Å². The average Bonchev–Trinajstić information content (AvgIpc) is 3.32. The van der Waals surface area contributed by atoms with Crippen LogP contribution in [-0.4, -0.2) is 63.3 Å². The monoisotopic (exact) mass is 484 g/mol. The first-order chi connectivity index (χ1) is 17.7. The van der Waals surface area contributed by atoms with Gasteiger partial charge in [0, 0.05) is 31.9 Å². The van der Waals surface area contributed by atoms with Gasteiger partial charge in [-0.05, 0) is 74.5 Å². The molecule has 0 unspecified atom stereocenters. The Kier molecular flexibility index (Phi) is 6.14. The van der Waals surface area contributed by atoms with Crippen LogP contribution in [0.15, 0.2) is 48.7 Å². The lowest BCUT2D eigenvalue weighted by Crippen LogP contribution is -2.35. The third kappa shape index (κ3) is 4.24. The number of para-hydroxylation sites is 1. The molecule has 1 aromatic carbocycles. The van der Waals surface area contributed by atoms with Gasteiger partial charge in [0.05, 0.1) is 17.3 Å². The van der Waals surface area contributed by atoms with E-state index in [9.17, 15) is 5.11 Å². The highest BCUT2D eigenvalue weighted by Gasteiger charge is 2.26. The van der Waals surface area contributed by atoms with E-state index in [0.717, 1.165) is 61.7 Å². The quantitative estimate of drug-likeness (QED) is 0.391. The second-order valence-corrected chi connectivity index (χ2v) is 9.72. The Morgan fingerprint density at radius 2 is 1.81 bits per heavy atom. The van der Waals surface area contributed by atoms with Crippen molar-refractivity contribution in [2.45, 2.75) is 37.6 Å². The van der Waals surface area contributed by atoms with Gasteiger partial charge in [-0.15, -0.1) is 10.2 Å². The molecule has 2 saturated heterocycles. The highest BCUT2D eigenvalue weighted by molar-refractivity contribution is 5.88. The number of nitrogens with zero attached hydrogens (tertiary/aromatic N) is 6. The Morgan fingerprint density at radius 1 is 1.00 bits per heavy atom. The van der Waals surface area contributed by atoms with Crippen LogP contribution in [0.2, 0.25) is 0 Å². The summed E-state index contributed by atoms with van der Waals surface area (Å²) < 4.78 is 2.09. The highest BCUT2D eigenvalue weighted by Crippen LogP contribution is 2.34. The maximum atomic E-state index is 10.3. The molecular formula is C27H32N8O. The standard InChI is InChI=1S/C27H32N8O/c1-28-27-26-23(16-22(31-32-26)21-4-2-3-5-24(21)36)35(33-27)20-10-14-34(15-11-20)25-7-6-19(17-30-25)18-8-12-29-13-9-18/h2-7,16-18,20,29,36H,8-15H2,1H3,(H,28,33). The molecule has 36 heavy (non-hydrogen) atoms. The average molecular weight is 485 g/mol. The van der Waals surface area contributed by atoms with Crippen molar-refractivity contribution in [3.05, 3.63) is 54.2 Å². The first-order valence-electron chi connectivity index (χ1n) is 12.8. The minimum Gasteiger partial charge on any atom is -0.507 e. The van der Waals surface area contributed by atoms with Crippen molar-refractivity contribution in [1.82, 2.24) is 30.3 Å². The molecule has 4 aromatic rings. The maximum Gasteiger partial charge on any atom is 0.176 e. The molecule has 9 nitrogen and oxygen atoms in total. The minimum atomic E-state index is 0.193. The number of piperidine rings is 2. The molecule has 5 heterocycles. The second-order valence-electron chi connectivity index (χ2n) is 9.72. The van der Waals surface area contributed by atoms with Crippen LogP contribution in [0.25, 0.3) is 22.3 Å². The molecule has 0 saturated carbocycles. The summed E-state index contributed by atoms with van der Waals surface area (Å²) in [5.74, 6) is 2.59. The third-order valence-corrected chi connectivity index (χ3v) is 7.59. The SMILES string of the molecule is CNc1nn(C2CCN(c3ccc(C4CCNCC4)cn3)CC2)c2cc(-c3ccccc3O)nnc12. The molecule has 3 N–H and O–H groups in total. The number of anilines is 2. The molecule has 2 fully saturated rings. The summed E-state index contributed by atoms with van der Waals surface area (Å²) in [5, 5.41) is 30.6. The van der Waals surface area contributed by atoms with Crippen molar-refractivity contribution < 1.29 is 5.11 Å². The number of phenolic OH excluding ortho intramolecular Hbond substituents is 1. The number of rotatable bonds is 5. The topological polar surface area (TPSA) is 104 Å². The van der Waals surface area contributed by atoms with Gasteiger partial charge in [-0.3, -0.25) is 4.68 Å². The fourth-order valence-electron chi connectivity index (χ4n) is 5.52. The smallest absolute Gasteiger partial charge is 0.176 e. The zero-order valence-electron chi connectivity index (χ0n) is 20.6. The summed E-state index contributed by atoms with van der Waals surface area (Å²) in [6.45, 7) is 4.03. The van der Waals surface area contributed by atoms with Crippen LogP contribution in [-0.2, 0) is 0 Å². The van der Waals surface area contributed by atoms with Gasteiger partial charge in [0.15, 0.2) is 11.3 Å². The Hall–Kier alpha value is -3.72. The zero-order chi connectivity index (χ0) is 24.5. The zero-order valence-corrected chi connectivity index (χ0v) is 20.6.